The molecule has 0 spiro atoms. The Morgan fingerprint density at radius 3 is 2.30 bits per heavy atom. The fourth-order valence-electron chi connectivity index (χ4n) is 1.82. The van der Waals surface area contributed by atoms with Crippen LogP contribution in [0.15, 0.2) is 36.4 Å². The van der Waals surface area contributed by atoms with Crippen molar-refractivity contribution in [3.63, 3.8) is 0 Å². The number of carbonyl (C=O) groups excluding carboxylic acids is 1. The van der Waals surface area contributed by atoms with Crippen LogP contribution in [0.25, 0.3) is 0 Å². The Bertz CT molecular complexity index is 744. The normalized spacial score (nSPS) is 11.2. The topological polar surface area (TPSA) is 61.6 Å². The smallest absolute Gasteiger partial charge is 0.416 e. The van der Waals surface area contributed by atoms with Gasteiger partial charge in [0.1, 0.15) is 11.5 Å². The number of alkyl halides is 3. The van der Waals surface area contributed by atoms with E-state index in [1.165, 1.54) is 19.2 Å². The van der Waals surface area contributed by atoms with Crippen LogP contribution in [0.3, 0.4) is 0 Å². The Balaban J connectivity index is 2.44. The lowest BCUT2D eigenvalue weighted by atomic mass is 10.1. The molecule has 0 saturated carbocycles. The average molecular weight is 329 g/mol. The summed E-state index contributed by atoms with van der Waals surface area (Å²) in [6.07, 6.45) is -4.63. The van der Waals surface area contributed by atoms with Crippen molar-refractivity contribution in [1.29, 1.82) is 0 Å². The summed E-state index contributed by atoms with van der Waals surface area (Å²) in [4.78, 5) is 11.3. The van der Waals surface area contributed by atoms with Gasteiger partial charge in [0.05, 0.1) is 18.2 Å². The van der Waals surface area contributed by atoms with Gasteiger partial charge in [0.25, 0.3) is 5.91 Å². The molecule has 122 valence electrons. The van der Waals surface area contributed by atoms with E-state index in [1.807, 2.05) is 0 Å². The molecule has 0 aliphatic heterocycles. The highest BCUT2D eigenvalue weighted by molar-refractivity contribution is 5.95. The summed E-state index contributed by atoms with van der Waals surface area (Å²) in [5.74, 6) is -2.32. The second kappa shape index (κ2) is 6.15. The highest BCUT2D eigenvalue weighted by Crippen LogP contribution is 2.35. The van der Waals surface area contributed by atoms with Crippen LogP contribution < -0.4 is 15.2 Å². The van der Waals surface area contributed by atoms with Crippen molar-refractivity contribution in [1.82, 2.24) is 0 Å². The van der Waals surface area contributed by atoms with E-state index >= 15 is 0 Å². The van der Waals surface area contributed by atoms with E-state index < -0.39 is 29.2 Å². The van der Waals surface area contributed by atoms with Crippen LogP contribution in [0.1, 0.15) is 15.9 Å². The van der Waals surface area contributed by atoms with E-state index in [-0.39, 0.29) is 17.1 Å². The third kappa shape index (κ3) is 3.71. The maximum Gasteiger partial charge on any atom is 0.416 e. The second-order valence-corrected chi connectivity index (χ2v) is 4.47. The zero-order valence-corrected chi connectivity index (χ0v) is 11.8. The van der Waals surface area contributed by atoms with Crippen molar-refractivity contribution in [2.45, 2.75) is 6.18 Å². The molecule has 0 unspecified atom stereocenters. The van der Waals surface area contributed by atoms with Crippen LogP contribution in [-0.2, 0) is 6.18 Å². The minimum absolute atomic E-state index is 0.0588. The van der Waals surface area contributed by atoms with Gasteiger partial charge in [0.2, 0.25) is 0 Å². The zero-order chi connectivity index (χ0) is 17.2. The Labute approximate surface area is 128 Å². The molecule has 0 saturated heterocycles. The van der Waals surface area contributed by atoms with E-state index in [1.54, 1.807) is 0 Å². The van der Waals surface area contributed by atoms with Crippen LogP contribution in [0.4, 0.5) is 17.6 Å². The fraction of sp³-hybridized carbons (Fsp3) is 0.133. The number of primary amides is 1. The lowest BCUT2D eigenvalue weighted by Gasteiger charge is -2.13. The maximum atomic E-state index is 13.6. The van der Waals surface area contributed by atoms with Crippen LogP contribution >= 0.6 is 0 Å². The van der Waals surface area contributed by atoms with Gasteiger partial charge in [-0.1, -0.05) is 0 Å². The molecule has 0 atom stereocenters. The van der Waals surface area contributed by atoms with Crippen molar-refractivity contribution in [2.75, 3.05) is 7.11 Å². The largest absolute Gasteiger partial charge is 0.494 e. The van der Waals surface area contributed by atoms with Crippen molar-refractivity contribution < 1.29 is 31.8 Å². The summed E-state index contributed by atoms with van der Waals surface area (Å²) in [6.45, 7) is 0. The molecule has 23 heavy (non-hydrogen) atoms. The molecule has 0 heterocycles. The number of benzene rings is 2. The number of ether oxygens (including phenoxy) is 2. The quantitative estimate of drug-likeness (QED) is 0.869. The standard InChI is InChI=1S/C15H11F4NO3/c1-22-12-5-3-9(7-11(12)16)23-13-6-8(15(17,18)19)2-4-10(13)14(20)21/h2-7H,1H3,(H2,20,21). The lowest BCUT2D eigenvalue weighted by Crippen LogP contribution is -2.14. The Hall–Kier alpha value is -2.77. The summed E-state index contributed by atoms with van der Waals surface area (Å²) in [5.41, 5.74) is 3.83. The highest BCUT2D eigenvalue weighted by Gasteiger charge is 2.31. The molecule has 1 amide bonds. The number of carbonyl (C=O) groups is 1. The van der Waals surface area contributed by atoms with E-state index in [0.717, 1.165) is 12.1 Å². The minimum atomic E-state index is -4.63. The van der Waals surface area contributed by atoms with Crippen molar-refractivity contribution >= 4 is 5.91 Å². The predicted octanol–water partition coefficient (Wildman–Crippen LogP) is 3.74. The summed E-state index contributed by atoms with van der Waals surface area (Å²) in [7, 11) is 1.26. The van der Waals surface area contributed by atoms with Crippen molar-refractivity contribution in [3.8, 4) is 17.2 Å². The average Bonchev–Trinajstić information content (AvgIpc) is 2.46. The van der Waals surface area contributed by atoms with Gasteiger partial charge in [-0.3, -0.25) is 4.79 Å². The molecule has 2 aromatic rings. The third-order valence-corrected chi connectivity index (χ3v) is 2.93. The van der Waals surface area contributed by atoms with Gasteiger partial charge < -0.3 is 15.2 Å². The van der Waals surface area contributed by atoms with Gasteiger partial charge in [-0.25, -0.2) is 4.39 Å². The SMILES string of the molecule is COc1ccc(Oc2cc(C(F)(F)F)ccc2C(N)=O)cc1F. The number of halogens is 4. The molecule has 2 N–H and O–H groups in total. The first-order valence-electron chi connectivity index (χ1n) is 6.25. The number of hydrogen-bond donors (Lipinski definition) is 1. The Kier molecular flexibility index (Phi) is 4.44. The van der Waals surface area contributed by atoms with Gasteiger partial charge >= 0.3 is 6.18 Å². The van der Waals surface area contributed by atoms with Gasteiger partial charge in [-0.2, -0.15) is 13.2 Å². The summed E-state index contributed by atoms with van der Waals surface area (Å²) >= 11 is 0. The van der Waals surface area contributed by atoms with Crippen LogP contribution in [-0.4, -0.2) is 13.0 Å². The van der Waals surface area contributed by atoms with Crippen LogP contribution in [0, 0.1) is 5.82 Å². The van der Waals surface area contributed by atoms with E-state index in [9.17, 15) is 22.4 Å². The number of amides is 1. The third-order valence-electron chi connectivity index (χ3n) is 2.93. The highest BCUT2D eigenvalue weighted by atomic mass is 19.4. The summed E-state index contributed by atoms with van der Waals surface area (Å²) in [6, 6.07) is 5.68. The van der Waals surface area contributed by atoms with Gasteiger partial charge in [0.15, 0.2) is 11.6 Å². The van der Waals surface area contributed by atoms with Crippen LogP contribution in [0.5, 0.6) is 17.2 Å². The molecule has 0 aromatic heterocycles. The first-order chi connectivity index (χ1) is 10.7. The lowest BCUT2D eigenvalue weighted by molar-refractivity contribution is -0.137. The van der Waals surface area contributed by atoms with Gasteiger partial charge in [0, 0.05) is 6.07 Å². The van der Waals surface area contributed by atoms with E-state index in [0.29, 0.717) is 12.1 Å². The molecule has 2 aromatic carbocycles. The number of nitrogens with two attached hydrogens (primary N) is 1. The fourth-order valence-corrected chi connectivity index (χ4v) is 1.82. The molecule has 0 aliphatic carbocycles. The zero-order valence-electron chi connectivity index (χ0n) is 11.8. The first-order valence-corrected chi connectivity index (χ1v) is 6.25. The van der Waals surface area contributed by atoms with E-state index in [2.05, 4.69) is 0 Å². The monoisotopic (exact) mass is 329 g/mol. The molecule has 0 radical (unpaired) electrons. The summed E-state index contributed by atoms with van der Waals surface area (Å²) < 4.78 is 61.8. The molecule has 0 aliphatic rings. The molecule has 2 rings (SSSR count). The van der Waals surface area contributed by atoms with Crippen LogP contribution in [0.2, 0.25) is 0 Å². The van der Waals surface area contributed by atoms with E-state index in [4.69, 9.17) is 15.2 Å². The maximum absolute atomic E-state index is 13.6. The van der Waals surface area contributed by atoms with Gasteiger partial charge in [-0.15, -0.1) is 0 Å². The van der Waals surface area contributed by atoms with Crippen molar-refractivity contribution in [3.05, 3.63) is 53.3 Å². The molecular weight excluding hydrogens is 318 g/mol. The van der Waals surface area contributed by atoms with Gasteiger partial charge in [-0.05, 0) is 30.3 Å². The molecule has 0 bridgehead atoms. The number of methoxy groups -OCH3 is 1. The molecule has 8 heteroatoms. The van der Waals surface area contributed by atoms with Crippen molar-refractivity contribution in [2.24, 2.45) is 5.73 Å². The Morgan fingerprint density at radius 2 is 1.78 bits per heavy atom. The predicted molar refractivity (Wildman–Crippen MR) is 73.0 cm³/mol. The first kappa shape index (κ1) is 16.6. The molecular formula is C15H11F4NO3. The molecule has 0 fully saturated rings. The second-order valence-electron chi connectivity index (χ2n) is 4.47. The molecule has 4 nitrogen and oxygen atoms in total. The number of rotatable bonds is 4. The minimum Gasteiger partial charge on any atom is -0.494 e. The number of hydrogen-bond acceptors (Lipinski definition) is 3. The summed E-state index contributed by atoms with van der Waals surface area (Å²) in [5, 5.41) is 0. The Morgan fingerprint density at radius 1 is 1.09 bits per heavy atom.